The number of thioether (sulfide) groups is 1. The van der Waals surface area contributed by atoms with Crippen LogP contribution in [0.15, 0.2) is 0 Å². The molecule has 0 aliphatic rings. The molecule has 0 aromatic rings. The smallest absolute Gasteiger partial charge is 0.0630 e. The van der Waals surface area contributed by atoms with Crippen molar-refractivity contribution in [2.75, 3.05) is 5.75 Å². The first-order valence-electron chi connectivity index (χ1n) is 8.46. The number of unbranched alkanes of at least 4 members (excludes halogenated alkanes) is 9. The van der Waals surface area contributed by atoms with Gasteiger partial charge in [0.2, 0.25) is 0 Å². The molecule has 0 aliphatic heterocycles. The average Bonchev–Trinajstić information content (AvgIpc) is 2.38. The highest BCUT2D eigenvalue weighted by Gasteiger charge is 2.05. The van der Waals surface area contributed by atoms with Crippen molar-refractivity contribution in [2.45, 2.75) is 103 Å². The zero-order chi connectivity index (χ0) is 14.3. The second-order valence-corrected chi connectivity index (χ2v) is 7.62. The summed E-state index contributed by atoms with van der Waals surface area (Å²) in [4.78, 5) is 0. The van der Waals surface area contributed by atoms with Gasteiger partial charge in [0.15, 0.2) is 0 Å². The molecule has 0 aliphatic carbocycles. The lowest BCUT2D eigenvalue weighted by Crippen LogP contribution is -2.11. The Morgan fingerprint density at radius 2 is 1.26 bits per heavy atom. The molecule has 1 atom stereocenters. The standard InChI is InChI=1S/C17H36OS/c1-4-5-6-7-8-9-10-11-12-13-14-17(18)15-19-16(2)3/h16-18H,4-15H2,1-3H3. The molecule has 0 saturated heterocycles. The van der Waals surface area contributed by atoms with Crippen molar-refractivity contribution in [2.24, 2.45) is 0 Å². The summed E-state index contributed by atoms with van der Waals surface area (Å²) in [6.07, 6.45) is 14.6. The van der Waals surface area contributed by atoms with Crippen LogP contribution in [0.25, 0.3) is 0 Å². The van der Waals surface area contributed by atoms with Crippen LogP contribution in [-0.2, 0) is 0 Å². The second kappa shape index (κ2) is 14.7. The fourth-order valence-electron chi connectivity index (χ4n) is 2.25. The summed E-state index contributed by atoms with van der Waals surface area (Å²) in [6.45, 7) is 6.66. The van der Waals surface area contributed by atoms with E-state index < -0.39 is 0 Å². The van der Waals surface area contributed by atoms with Crippen LogP contribution in [0.1, 0.15) is 91.4 Å². The molecule has 0 aromatic carbocycles. The Bertz CT molecular complexity index is 171. The van der Waals surface area contributed by atoms with Crippen molar-refractivity contribution in [1.29, 1.82) is 0 Å². The Morgan fingerprint density at radius 3 is 1.74 bits per heavy atom. The van der Waals surface area contributed by atoms with E-state index in [2.05, 4.69) is 20.8 Å². The Kier molecular flexibility index (Phi) is 15.0. The third kappa shape index (κ3) is 16.3. The maximum absolute atomic E-state index is 9.80. The summed E-state index contributed by atoms with van der Waals surface area (Å²) in [5.74, 6) is 0.912. The molecule has 2 heteroatoms. The van der Waals surface area contributed by atoms with Gasteiger partial charge >= 0.3 is 0 Å². The van der Waals surface area contributed by atoms with E-state index in [-0.39, 0.29) is 6.10 Å². The molecule has 116 valence electrons. The van der Waals surface area contributed by atoms with Gasteiger partial charge in [-0.15, -0.1) is 0 Å². The van der Waals surface area contributed by atoms with Gasteiger partial charge in [0.05, 0.1) is 6.10 Å². The maximum atomic E-state index is 9.80. The van der Waals surface area contributed by atoms with Gasteiger partial charge in [-0.25, -0.2) is 0 Å². The number of aliphatic hydroxyl groups excluding tert-OH is 1. The minimum absolute atomic E-state index is 0.0820. The molecule has 0 heterocycles. The molecule has 1 N–H and O–H groups in total. The fraction of sp³-hybridized carbons (Fsp3) is 1.00. The van der Waals surface area contributed by atoms with Gasteiger partial charge in [0, 0.05) is 5.75 Å². The van der Waals surface area contributed by atoms with Crippen molar-refractivity contribution in [3.05, 3.63) is 0 Å². The lowest BCUT2D eigenvalue weighted by Gasteiger charge is -2.11. The summed E-state index contributed by atoms with van der Waals surface area (Å²) in [7, 11) is 0. The summed E-state index contributed by atoms with van der Waals surface area (Å²) < 4.78 is 0. The first-order chi connectivity index (χ1) is 9.16. The molecule has 1 nitrogen and oxygen atoms in total. The van der Waals surface area contributed by atoms with Gasteiger partial charge in [0.25, 0.3) is 0 Å². The highest BCUT2D eigenvalue weighted by molar-refractivity contribution is 7.99. The lowest BCUT2D eigenvalue weighted by atomic mass is 10.1. The largest absolute Gasteiger partial charge is 0.392 e. The molecule has 0 aromatic heterocycles. The van der Waals surface area contributed by atoms with E-state index in [0.29, 0.717) is 5.25 Å². The van der Waals surface area contributed by atoms with Gasteiger partial charge in [0.1, 0.15) is 0 Å². The van der Waals surface area contributed by atoms with Gasteiger partial charge in [-0.2, -0.15) is 11.8 Å². The van der Waals surface area contributed by atoms with E-state index in [1.54, 1.807) is 0 Å². The molecule has 1 unspecified atom stereocenters. The molecular formula is C17H36OS. The monoisotopic (exact) mass is 288 g/mol. The molecule has 0 fully saturated rings. The van der Waals surface area contributed by atoms with Crippen molar-refractivity contribution < 1.29 is 5.11 Å². The van der Waals surface area contributed by atoms with Crippen LogP contribution in [0.2, 0.25) is 0 Å². The van der Waals surface area contributed by atoms with Gasteiger partial charge < -0.3 is 5.11 Å². The van der Waals surface area contributed by atoms with Crippen molar-refractivity contribution in [3.8, 4) is 0 Å². The van der Waals surface area contributed by atoms with E-state index >= 15 is 0 Å². The minimum Gasteiger partial charge on any atom is -0.392 e. The predicted octanol–water partition coefficient (Wildman–Crippen LogP) is 5.80. The number of hydrogen-bond donors (Lipinski definition) is 1. The minimum atomic E-state index is -0.0820. The van der Waals surface area contributed by atoms with Crippen LogP contribution in [-0.4, -0.2) is 22.2 Å². The zero-order valence-electron chi connectivity index (χ0n) is 13.5. The van der Waals surface area contributed by atoms with E-state index in [9.17, 15) is 5.11 Å². The van der Waals surface area contributed by atoms with Crippen LogP contribution < -0.4 is 0 Å². The topological polar surface area (TPSA) is 20.2 Å². The highest BCUT2D eigenvalue weighted by Crippen LogP contribution is 2.15. The molecule has 0 amide bonds. The molecule has 0 spiro atoms. The van der Waals surface area contributed by atoms with E-state index in [1.807, 2.05) is 11.8 Å². The molecule has 0 rings (SSSR count). The van der Waals surface area contributed by atoms with Crippen molar-refractivity contribution in [3.63, 3.8) is 0 Å². The molecule has 0 radical (unpaired) electrons. The summed E-state index contributed by atoms with van der Waals surface area (Å²) in [5.41, 5.74) is 0. The van der Waals surface area contributed by atoms with E-state index in [0.717, 1.165) is 12.2 Å². The Balaban J connectivity index is 3.09. The van der Waals surface area contributed by atoms with Crippen LogP contribution in [0.3, 0.4) is 0 Å². The Hall–Kier alpha value is 0.310. The molecule has 0 saturated carbocycles. The van der Waals surface area contributed by atoms with Crippen molar-refractivity contribution in [1.82, 2.24) is 0 Å². The quantitative estimate of drug-likeness (QED) is 0.408. The summed E-state index contributed by atoms with van der Waals surface area (Å²) in [5, 5.41) is 10.4. The number of rotatable bonds is 14. The van der Waals surface area contributed by atoms with Gasteiger partial charge in [-0.3, -0.25) is 0 Å². The second-order valence-electron chi connectivity index (χ2n) is 6.01. The van der Waals surface area contributed by atoms with Crippen molar-refractivity contribution >= 4 is 11.8 Å². The number of hydrogen-bond acceptors (Lipinski definition) is 2. The lowest BCUT2D eigenvalue weighted by molar-refractivity contribution is 0.184. The molecule has 0 bridgehead atoms. The molecule has 19 heavy (non-hydrogen) atoms. The normalized spacial score (nSPS) is 13.1. The third-order valence-electron chi connectivity index (χ3n) is 3.51. The summed E-state index contributed by atoms with van der Waals surface area (Å²) >= 11 is 1.87. The first kappa shape index (κ1) is 19.3. The first-order valence-corrected chi connectivity index (χ1v) is 9.51. The van der Waals surface area contributed by atoms with Crippen LogP contribution in [0.4, 0.5) is 0 Å². The van der Waals surface area contributed by atoms with E-state index in [4.69, 9.17) is 0 Å². The Labute approximate surface area is 125 Å². The van der Waals surface area contributed by atoms with Crippen LogP contribution in [0.5, 0.6) is 0 Å². The number of aliphatic hydroxyl groups is 1. The average molecular weight is 289 g/mol. The van der Waals surface area contributed by atoms with Crippen LogP contribution >= 0.6 is 11.8 Å². The van der Waals surface area contributed by atoms with Gasteiger partial charge in [-0.05, 0) is 11.7 Å². The fourth-order valence-corrected chi connectivity index (χ4v) is 3.03. The third-order valence-corrected chi connectivity index (χ3v) is 4.76. The van der Waals surface area contributed by atoms with Gasteiger partial charge in [-0.1, -0.05) is 85.0 Å². The molecular weight excluding hydrogens is 252 g/mol. The zero-order valence-corrected chi connectivity index (χ0v) is 14.3. The van der Waals surface area contributed by atoms with Crippen LogP contribution in [0, 0.1) is 0 Å². The summed E-state index contributed by atoms with van der Waals surface area (Å²) in [6, 6.07) is 0. The SMILES string of the molecule is CCCCCCCCCCCCC(O)CSC(C)C. The highest BCUT2D eigenvalue weighted by atomic mass is 32.2. The van der Waals surface area contributed by atoms with E-state index in [1.165, 1.54) is 64.2 Å². The Morgan fingerprint density at radius 1 is 0.789 bits per heavy atom. The maximum Gasteiger partial charge on any atom is 0.0630 e. The predicted molar refractivity (Wildman–Crippen MR) is 90.1 cm³/mol.